The smallest absolute Gasteiger partial charge is 0.304 e. The predicted octanol–water partition coefficient (Wildman–Crippen LogP) is 0.193. The highest BCUT2D eigenvalue weighted by Crippen LogP contribution is 1.96. The molecule has 0 aliphatic carbocycles. The molecular formula is C9H18N2O4S. The highest BCUT2D eigenvalue weighted by molar-refractivity contribution is 7.87. The summed E-state index contributed by atoms with van der Waals surface area (Å²) in [5.74, 6) is -1.02. The fourth-order valence-corrected chi connectivity index (χ4v) is 1.68. The van der Waals surface area contributed by atoms with Crippen molar-refractivity contribution in [3.05, 3.63) is 11.6 Å². The molecule has 0 aliphatic rings. The zero-order valence-electron chi connectivity index (χ0n) is 9.73. The third-order valence-corrected chi connectivity index (χ3v) is 3.36. The quantitative estimate of drug-likeness (QED) is 0.632. The number of carbonyl (C=O) groups is 1. The van der Waals surface area contributed by atoms with Gasteiger partial charge >= 0.3 is 5.97 Å². The van der Waals surface area contributed by atoms with E-state index in [2.05, 4.69) is 4.72 Å². The van der Waals surface area contributed by atoms with Crippen LogP contribution in [0.2, 0.25) is 0 Å². The lowest BCUT2D eigenvalue weighted by atomic mass is 10.3. The van der Waals surface area contributed by atoms with Gasteiger partial charge in [-0.2, -0.15) is 17.4 Å². The van der Waals surface area contributed by atoms with Crippen LogP contribution in [-0.2, 0) is 15.0 Å². The Hall–Kier alpha value is -0.920. The Balaban J connectivity index is 4.21. The Morgan fingerprint density at radius 3 is 2.44 bits per heavy atom. The van der Waals surface area contributed by atoms with E-state index in [-0.39, 0.29) is 19.5 Å². The highest BCUT2D eigenvalue weighted by atomic mass is 32.2. The molecule has 0 aromatic rings. The van der Waals surface area contributed by atoms with Crippen LogP contribution in [0.1, 0.15) is 20.3 Å². The summed E-state index contributed by atoms with van der Waals surface area (Å²) in [4.78, 5) is 10.3. The summed E-state index contributed by atoms with van der Waals surface area (Å²) in [6, 6.07) is 0. The van der Waals surface area contributed by atoms with E-state index in [1.54, 1.807) is 6.08 Å². The van der Waals surface area contributed by atoms with Gasteiger partial charge in [0.2, 0.25) is 0 Å². The van der Waals surface area contributed by atoms with Crippen LogP contribution in [0.3, 0.4) is 0 Å². The average Bonchev–Trinajstić information content (AvgIpc) is 2.12. The van der Waals surface area contributed by atoms with E-state index >= 15 is 0 Å². The first-order valence-electron chi connectivity index (χ1n) is 4.82. The zero-order chi connectivity index (χ0) is 12.8. The van der Waals surface area contributed by atoms with Crippen molar-refractivity contribution in [2.75, 3.05) is 20.1 Å². The number of hydrogen-bond donors (Lipinski definition) is 2. The number of nitrogens with zero attached hydrogens (tertiary/aromatic N) is 1. The minimum Gasteiger partial charge on any atom is -0.481 e. The number of aliphatic carboxylic acids is 1. The van der Waals surface area contributed by atoms with Crippen LogP contribution < -0.4 is 4.72 Å². The van der Waals surface area contributed by atoms with Crippen molar-refractivity contribution in [3.63, 3.8) is 0 Å². The molecule has 2 N–H and O–H groups in total. The highest BCUT2D eigenvalue weighted by Gasteiger charge is 2.16. The van der Waals surface area contributed by atoms with Crippen molar-refractivity contribution in [2.45, 2.75) is 20.3 Å². The molecule has 0 unspecified atom stereocenters. The maximum absolute atomic E-state index is 11.5. The molecule has 16 heavy (non-hydrogen) atoms. The normalized spacial score (nSPS) is 11.5. The van der Waals surface area contributed by atoms with Crippen LogP contribution in [0.4, 0.5) is 0 Å². The third kappa shape index (κ3) is 6.54. The maximum atomic E-state index is 11.5. The first-order valence-corrected chi connectivity index (χ1v) is 6.26. The third-order valence-electron chi connectivity index (χ3n) is 1.83. The molecule has 7 heteroatoms. The molecule has 0 radical (unpaired) electrons. The second-order valence-electron chi connectivity index (χ2n) is 3.60. The number of rotatable bonds is 7. The van der Waals surface area contributed by atoms with Gasteiger partial charge in [0.05, 0.1) is 6.42 Å². The molecule has 0 spiro atoms. The van der Waals surface area contributed by atoms with E-state index in [1.165, 1.54) is 7.05 Å². The Morgan fingerprint density at radius 2 is 2.00 bits per heavy atom. The van der Waals surface area contributed by atoms with Crippen LogP contribution in [0.15, 0.2) is 11.6 Å². The van der Waals surface area contributed by atoms with Crippen molar-refractivity contribution in [1.29, 1.82) is 0 Å². The number of carboxylic acids is 1. The van der Waals surface area contributed by atoms with E-state index in [9.17, 15) is 13.2 Å². The first kappa shape index (κ1) is 15.1. The van der Waals surface area contributed by atoms with Crippen LogP contribution in [0.25, 0.3) is 0 Å². The molecule has 0 atom stereocenters. The Bertz CT molecular complexity index is 358. The van der Waals surface area contributed by atoms with Gasteiger partial charge in [0.1, 0.15) is 0 Å². The maximum Gasteiger partial charge on any atom is 0.304 e. The molecule has 0 fully saturated rings. The minimum absolute atomic E-state index is 0.0422. The molecule has 0 saturated heterocycles. The van der Waals surface area contributed by atoms with Crippen molar-refractivity contribution >= 4 is 16.2 Å². The van der Waals surface area contributed by atoms with Crippen LogP contribution >= 0.6 is 0 Å². The molecule has 0 amide bonds. The van der Waals surface area contributed by atoms with Crippen LogP contribution in [0.5, 0.6) is 0 Å². The summed E-state index contributed by atoms with van der Waals surface area (Å²) in [6.07, 6.45) is 1.53. The van der Waals surface area contributed by atoms with E-state index in [0.29, 0.717) is 0 Å². The SMILES string of the molecule is CC(C)=CCNS(=O)(=O)N(C)CCC(=O)O. The fraction of sp³-hybridized carbons (Fsp3) is 0.667. The van der Waals surface area contributed by atoms with Gasteiger partial charge in [-0.25, -0.2) is 0 Å². The van der Waals surface area contributed by atoms with Crippen molar-refractivity contribution in [1.82, 2.24) is 9.03 Å². The molecule has 94 valence electrons. The van der Waals surface area contributed by atoms with Gasteiger partial charge < -0.3 is 5.11 Å². The lowest BCUT2D eigenvalue weighted by Crippen LogP contribution is -2.39. The van der Waals surface area contributed by atoms with Gasteiger partial charge in [-0.3, -0.25) is 4.79 Å². The average molecular weight is 250 g/mol. The van der Waals surface area contributed by atoms with Crippen LogP contribution in [0, 0.1) is 0 Å². The van der Waals surface area contributed by atoms with E-state index in [1.807, 2.05) is 13.8 Å². The summed E-state index contributed by atoms with van der Waals surface area (Å²) in [5.41, 5.74) is 1.01. The number of allylic oxidation sites excluding steroid dienone is 1. The second kappa shape index (κ2) is 6.62. The van der Waals surface area contributed by atoms with Gasteiger partial charge in [0.25, 0.3) is 10.2 Å². The second-order valence-corrected chi connectivity index (χ2v) is 5.46. The molecule has 6 nitrogen and oxygen atoms in total. The first-order chi connectivity index (χ1) is 7.25. The topological polar surface area (TPSA) is 86.7 Å². The largest absolute Gasteiger partial charge is 0.481 e. The summed E-state index contributed by atoms with van der Waals surface area (Å²) >= 11 is 0. The molecule has 0 aromatic heterocycles. The molecule has 0 aliphatic heterocycles. The monoisotopic (exact) mass is 250 g/mol. The Kier molecular flexibility index (Phi) is 6.24. The van der Waals surface area contributed by atoms with Gasteiger partial charge in [0, 0.05) is 20.1 Å². The standard InChI is InChI=1S/C9H18N2O4S/c1-8(2)4-6-10-16(14,15)11(3)7-5-9(12)13/h4,10H,5-7H2,1-3H3,(H,12,13). The van der Waals surface area contributed by atoms with Crippen LogP contribution in [-0.4, -0.2) is 43.9 Å². The fourth-order valence-electron chi connectivity index (χ4n) is 0.835. The Labute approximate surface area is 96.1 Å². The van der Waals surface area contributed by atoms with Crippen molar-refractivity contribution in [2.24, 2.45) is 0 Å². The van der Waals surface area contributed by atoms with Gasteiger partial charge in [0.15, 0.2) is 0 Å². The summed E-state index contributed by atoms with van der Waals surface area (Å²) in [5, 5.41) is 8.43. The van der Waals surface area contributed by atoms with E-state index < -0.39 is 16.2 Å². The summed E-state index contributed by atoms with van der Waals surface area (Å²) in [6.45, 7) is 3.90. The van der Waals surface area contributed by atoms with E-state index in [4.69, 9.17) is 5.11 Å². The zero-order valence-corrected chi connectivity index (χ0v) is 10.5. The Morgan fingerprint density at radius 1 is 1.44 bits per heavy atom. The van der Waals surface area contributed by atoms with Gasteiger partial charge in [-0.15, -0.1) is 0 Å². The minimum atomic E-state index is -3.58. The lowest BCUT2D eigenvalue weighted by molar-refractivity contribution is -0.137. The van der Waals surface area contributed by atoms with Gasteiger partial charge in [-0.1, -0.05) is 11.6 Å². The molecule has 0 bridgehead atoms. The number of carboxylic acid groups (broad SMARTS) is 1. The molecule has 0 aromatic carbocycles. The number of nitrogens with one attached hydrogen (secondary N) is 1. The predicted molar refractivity (Wildman–Crippen MR) is 61.2 cm³/mol. The molecule has 0 heterocycles. The molecule has 0 rings (SSSR count). The molecule has 0 saturated carbocycles. The lowest BCUT2D eigenvalue weighted by Gasteiger charge is -2.15. The van der Waals surface area contributed by atoms with Crippen molar-refractivity contribution < 1.29 is 18.3 Å². The van der Waals surface area contributed by atoms with Gasteiger partial charge in [-0.05, 0) is 13.8 Å². The molecular weight excluding hydrogens is 232 g/mol. The summed E-state index contributed by atoms with van der Waals surface area (Å²) < 4.78 is 26.4. The van der Waals surface area contributed by atoms with E-state index in [0.717, 1.165) is 9.88 Å². The van der Waals surface area contributed by atoms with Crippen molar-refractivity contribution in [3.8, 4) is 0 Å². The summed E-state index contributed by atoms with van der Waals surface area (Å²) in [7, 11) is -2.24. The number of hydrogen-bond acceptors (Lipinski definition) is 3.